The van der Waals surface area contributed by atoms with Gasteiger partial charge in [-0.25, -0.2) is 0 Å². The van der Waals surface area contributed by atoms with Gasteiger partial charge in [0.1, 0.15) is 0 Å². The molecule has 0 heterocycles. The smallest absolute Gasteiger partial charge is 0.269 e. The molecular formula is C19H26N2O3. The summed E-state index contributed by atoms with van der Waals surface area (Å²) in [5.74, 6) is 2.83. The van der Waals surface area contributed by atoms with Gasteiger partial charge in [-0.05, 0) is 79.4 Å². The zero-order valence-electron chi connectivity index (χ0n) is 14.0. The summed E-state index contributed by atoms with van der Waals surface area (Å²) in [7, 11) is 0. The van der Waals surface area contributed by atoms with Crippen LogP contribution in [0.1, 0.15) is 50.2 Å². The monoisotopic (exact) mass is 330 g/mol. The first-order valence-corrected chi connectivity index (χ1v) is 9.16. The van der Waals surface area contributed by atoms with Crippen LogP contribution < -0.4 is 5.32 Å². The van der Waals surface area contributed by atoms with Gasteiger partial charge in [-0.2, -0.15) is 0 Å². The third-order valence-corrected chi connectivity index (χ3v) is 6.49. The fourth-order valence-corrected chi connectivity index (χ4v) is 5.92. The standard InChI is InChI=1S/C19H26N2O3/c22-18(16-1-3-17(4-2-16)21(23)24)11-20-12-19-8-13-5-14(9-19)7-15(6-13)10-19/h1-4,13-15,18,20,22H,5-12H2/t13?,14?,15?,18-,19?/m0/s1. The van der Waals surface area contributed by atoms with Crippen molar-refractivity contribution in [2.45, 2.75) is 44.6 Å². The molecular weight excluding hydrogens is 304 g/mol. The number of non-ortho nitro benzene ring substituents is 1. The van der Waals surface area contributed by atoms with Crippen molar-refractivity contribution in [1.29, 1.82) is 0 Å². The van der Waals surface area contributed by atoms with Gasteiger partial charge in [0.25, 0.3) is 5.69 Å². The Labute approximate surface area is 142 Å². The summed E-state index contributed by atoms with van der Waals surface area (Å²) < 4.78 is 0. The number of hydrogen-bond acceptors (Lipinski definition) is 4. The SMILES string of the molecule is O=[N+]([O-])c1ccc([C@@H](O)CNCC23CC4CC(CC(C4)C2)C3)cc1. The molecule has 0 aliphatic heterocycles. The molecule has 5 heteroatoms. The summed E-state index contributed by atoms with van der Waals surface area (Å²) in [5, 5.41) is 24.5. The maximum absolute atomic E-state index is 10.7. The van der Waals surface area contributed by atoms with Crippen LogP contribution >= 0.6 is 0 Å². The quantitative estimate of drug-likeness (QED) is 0.619. The fourth-order valence-electron chi connectivity index (χ4n) is 5.92. The Hall–Kier alpha value is -1.46. The minimum Gasteiger partial charge on any atom is -0.387 e. The molecule has 24 heavy (non-hydrogen) atoms. The highest BCUT2D eigenvalue weighted by molar-refractivity contribution is 5.33. The lowest BCUT2D eigenvalue weighted by Crippen LogP contribution is -2.50. The Bertz CT molecular complexity index is 578. The summed E-state index contributed by atoms with van der Waals surface area (Å²) in [6.07, 6.45) is 7.82. The van der Waals surface area contributed by atoms with Crippen LogP contribution in [-0.2, 0) is 0 Å². The van der Waals surface area contributed by atoms with Gasteiger partial charge in [-0.15, -0.1) is 0 Å². The van der Waals surface area contributed by atoms with E-state index in [1.165, 1.54) is 50.7 Å². The molecule has 1 atom stereocenters. The van der Waals surface area contributed by atoms with E-state index >= 15 is 0 Å². The highest BCUT2D eigenvalue weighted by Gasteiger charge is 2.50. The average Bonchev–Trinajstić information content (AvgIpc) is 2.53. The third kappa shape index (κ3) is 3.07. The predicted octanol–water partition coefficient (Wildman–Crippen LogP) is 3.43. The number of rotatable bonds is 6. The Morgan fingerprint density at radius 3 is 2.17 bits per heavy atom. The van der Waals surface area contributed by atoms with Crippen molar-refractivity contribution >= 4 is 5.69 Å². The van der Waals surface area contributed by atoms with Gasteiger partial charge in [-0.3, -0.25) is 10.1 Å². The lowest BCUT2D eigenvalue weighted by molar-refractivity contribution is -0.384. The molecule has 0 saturated heterocycles. The molecule has 4 aliphatic rings. The summed E-state index contributed by atoms with van der Waals surface area (Å²) >= 11 is 0. The van der Waals surface area contributed by atoms with Crippen LogP contribution in [0, 0.1) is 33.3 Å². The van der Waals surface area contributed by atoms with Crippen LogP contribution in [0.25, 0.3) is 0 Å². The van der Waals surface area contributed by atoms with E-state index in [1.807, 2.05) is 0 Å². The van der Waals surface area contributed by atoms with Crippen molar-refractivity contribution in [3.05, 3.63) is 39.9 Å². The van der Waals surface area contributed by atoms with Crippen LogP contribution in [0.3, 0.4) is 0 Å². The highest BCUT2D eigenvalue weighted by atomic mass is 16.6. The molecule has 0 aromatic heterocycles. The van der Waals surface area contributed by atoms with Crippen molar-refractivity contribution in [2.75, 3.05) is 13.1 Å². The topological polar surface area (TPSA) is 75.4 Å². The summed E-state index contributed by atoms with van der Waals surface area (Å²) in [6.45, 7) is 1.51. The second-order valence-corrected chi connectivity index (χ2v) is 8.41. The first-order chi connectivity index (χ1) is 11.5. The van der Waals surface area contributed by atoms with Crippen LogP contribution in [0.4, 0.5) is 5.69 Å². The molecule has 0 unspecified atom stereocenters. The number of hydrogen-bond donors (Lipinski definition) is 2. The fraction of sp³-hybridized carbons (Fsp3) is 0.684. The van der Waals surface area contributed by atoms with Gasteiger partial charge >= 0.3 is 0 Å². The van der Waals surface area contributed by atoms with Gasteiger partial charge < -0.3 is 10.4 Å². The number of nitrogens with zero attached hydrogens (tertiary/aromatic N) is 1. The van der Waals surface area contributed by atoms with E-state index in [-0.39, 0.29) is 5.69 Å². The summed E-state index contributed by atoms with van der Waals surface area (Å²) in [4.78, 5) is 10.3. The molecule has 1 aromatic rings. The maximum Gasteiger partial charge on any atom is 0.269 e. The van der Waals surface area contributed by atoms with Gasteiger partial charge in [0.2, 0.25) is 0 Å². The van der Waals surface area contributed by atoms with E-state index in [2.05, 4.69) is 5.32 Å². The molecule has 4 bridgehead atoms. The van der Waals surface area contributed by atoms with Crippen LogP contribution in [0.5, 0.6) is 0 Å². The van der Waals surface area contributed by atoms with Crippen LogP contribution in [0.15, 0.2) is 24.3 Å². The lowest BCUT2D eigenvalue weighted by atomic mass is 9.49. The molecule has 4 saturated carbocycles. The number of benzene rings is 1. The van der Waals surface area contributed by atoms with Crippen molar-refractivity contribution in [2.24, 2.45) is 23.2 Å². The number of nitro groups is 1. The zero-order valence-corrected chi connectivity index (χ0v) is 14.0. The minimum atomic E-state index is -0.611. The van der Waals surface area contributed by atoms with Gasteiger partial charge in [-0.1, -0.05) is 0 Å². The number of aliphatic hydroxyl groups is 1. The van der Waals surface area contributed by atoms with Crippen LogP contribution in [-0.4, -0.2) is 23.1 Å². The first-order valence-electron chi connectivity index (χ1n) is 9.16. The Balaban J connectivity index is 1.31. The average molecular weight is 330 g/mol. The third-order valence-electron chi connectivity index (χ3n) is 6.49. The predicted molar refractivity (Wildman–Crippen MR) is 91.5 cm³/mol. The van der Waals surface area contributed by atoms with Gasteiger partial charge in [0.05, 0.1) is 11.0 Å². The number of aliphatic hydroxyl groups excluding tert-OH is 1. The molecule has 4 fully saturated rings. The molecule has 4 aliphatic carbocycles. The largest absolute Gasteiger partial charge is 0.387 e. The highest BCUT2D eigenvalue weighted by Crippen LogP contribution is 2.59. The molecule has 0 radical (unpaired) electrons. The van der Waals surface area contributed by atoms with Crippen molar-refractivity contribution in [1.82, 2.24) is 5.32 Å². The van der Waals surface area contributed by atoms with Gasteiger partial charge in [0.15, 0.2) is 0 Å². The van der Waals surface area contributed by atoms with Crippen molar-refractivity contribution < 1.29 is 10.0 Å². The maximum atomic E-state index is 10.7. The minimum absolute atomic E-state index is 0.0625. The lowest BCUT2D eigenvalue weighted by Gasteiger charge is -2.57. The Kier molecular flexibility index (Phi) is 4.09. The molecule has 5 rings (SSSR count). The Morgan fingerprint density at radius 1 is 1.12 bits per heavy atom. The normalized spacial score (nSPS) is 35.1. The van der Waals surface area contributed by atoms with E-state index in [0.29, 0.717) is 12.0 Å². The second-order valence-electron chi connectivity index (χ2n) is 8.41. The van der Waals surface area contributed by atoms with Crippen molar-refractivity contribution in [3.63, 3.8) is 0 Å². The summed E-state index contributed by atoms with van der Waals surface area (Å²) in [5.41, 5.74) is 1.26. The second kappa shape index (κ2) is 6.12. The molecule has 2 N–H and O–H groups in total. The zero-order chi connectivity index (χ0) is 16.7. The van der Waals surface area contributed by atoms with E-state index in [0.717, 1.165) is 29.9 Å². The van der Waals surface area contributed by atoms with Crippen molar-refractivity contribution in [3.8, 4) is 0 Å². The number of nitro benzene ring substituents is 1. The van der Waals surface area contributed by atoms with E-state index in [1.54, 1.807) is 12.1 Å². The van der Waals surface area contributed by atoms with E-state index in [4.69, 9.17) is 0 Å². The first kappa shape index (κ1) is 16.0. The summed E-state index contributed by atoms with van der Waals surface area (Å²) in [6, 6.07) is 6.21. The molecule has 0 amide bonds. The van der Waals surface area contributed by atoms with Gasteiger partial charge in [0, 0.05) is 25.2 Å². The van der Waals surface area contributed by atoms with E-state index < -0.39 is 11.0 Å². The molecule has 0 spiro atoms. The Morgan fingerprint density at radius 2 is 1.67 bits per heavy atom. The molecule has 1 aromatic carbocycles. The number of nitrogens with one attached hydrogen (secondary N) is 1. The van der Waals surface area contributed by atoms with E-state index in [9.17, 15) is 15.2 Å². The van der Waals surface area contributed by atoms with Crippen LogP contribution in [0.2, 0.25) is 0 Å². The molecule has 5 nitrogen and oxygen atoms in total. The molecule has 130 valence electrons.